The molecular weight excluding hydrogens is 759 g/mol. The maximum Gasteiger partial charge on any atom is 0.246 e. The van der Waals surface area contributed by atoms with Crippen molar-refractivity contribution in [1.29, 1.82) is 0 Å². The molecule has 3 aliphatic heterocycles. The van der Waals surface area contributed by atoms with Crippen LogP contribution in [0.5, 0.6) is 0 Å². The fourth-order valence-electron chi connectivity index (χ4n) is 9.34. The highest BCUT2D eigenvalue weighted by molar-refractivity contribution is 7.01. The van der Waals surface area contributed by atoms with E-state index in [9.17, 15) is 10.0 Å². The molecule has 9 nitrogen and oxygen atoms in total. The summed E-state index contributed by atoms with van der Waals surface area (Å²) in [5, 5.41) is 31.8. The molecule has 3 heterocycles. The number of carbonyl (C=O) groups excluding carboxylic acids is 1. The van der Waals surface area contributed by atoms with Crippen molar-refractivity contribution >= 4 is 63.5 Å². The molecule has 0 spiro atoms. The van der Waals surface area contributed by atoms with Crippen LogP contribution in [0.4, 0.5) is 5.69 Å². The molecule has 0 atom stereocenters. The van der Waals surface area contributed by atoms with E-state index < -0.39 is 8.07 Å². The number of likely N-dealkylation sites (N-methyl/N-ethyl adjacent to an activating group) is 1. The summed E-state index contributed by atoms with van der Waals surface area (Å²) in [6.07, 6.45) is 5.13. The summed E-state index contributed by atoms with van der Waals surface area (Å²) in [6, 6.07) is 26.0. The van der Waals surface area contributed by atoms with Crippen molar-refractivity contribution in [1.82, 2.24) is 21.0 Å². The van der Waals surface area contributed by atoms with Gasteiger partial charge in [0.05, 0.1) is 5.36 Å². The van der Waals surface area contributed by atoms with E-state index in [1.54, 1.807) is 13.8 Å². The first-order valence-electron chi connectivity index (χ1n) is 21.5. The number of hydrogen-bond acceptors (Lipinski definition) is 7. The number of nitrogens with one attached hydrogen (secondary N) is 3. The Morgan fingerprint density at radius 3 is 2.33 bits per heavy atom. The Kier molecular flexibility index (Phi) is 11.9. The Morgan fingerprint density at radius 1 is 0.883 bits per heavy atom. The number of fused-ring (bicyclic) bond motifs is 6. The molecule has 5 aromatic rings. The van der Waals surface area contributed by atoms with E-state index in [2.05, 4.69) is 126 Å². The van der Waals surface area contributed by atoms with Crippen molar-refractivity contribution in [2.45, 2.75) is 65.7 Å². The van der Waals surface area contributed by atoms with Crippen LogP contribution in [0.15, 0.2) is 101 Å². The molecule has 10 heteroatoms. The molecule has 0 unspecified atom stereocenters. The second-order valence-electron chi connectivity index (χ2n) is 17.3. The first kappa shape index (κ1) is 41.3. The smallest absolute Gasteiger partial charge is 0.246 e. The van der Waals surface area contributed by atoms with E-state index in [1.165, 1.54) is 93.5 Å². The van der Waals surface area contributed by atoms with Gasteiger partial charge in [0.15, 0.2) is 0 Å². The minimum atomic E-state index is -2.10. The number of rotatable bonds is 16. The van der Waals surface area contributed by atoms with Crippen LogP contribution in [0.25, 0.3) is 27.1 Å². The van der Waals surface area contributed by atoms with Gasteiger partial charge in [0.2, 0.25) is 5.91 Å². The van der Waals surface area contributed by atoms with Gasteiger partial charge in [-0.3, -0.25) is 20.0 Å². The van der Waals surface area contributed by atoms with Crippen molar-refractivity contribution in [3.05, 3.63) is 135 Å². The highest BCUT2D eigenvalue weighted by Gasteiger charge is 2.37. The topological polar surface area (TPSA) is 105 Å². The summed E-state index contributed by atoms with van der Waals surface area (Å²) in [7, 11) is 0.137. The molecule has 1 amide bonds. The summed E-state index contributed by atoms with van der Waals surface area (Å²) in [6.45, 7) is 22.1. The zero-order valence-corrected chi connectivity index (χ0v) is 37.0. The Bertz CT molecular complexity index is 2700. The minimum Gasteiger partial charge on any atom is -0.374 e. The number of carbonyl (C=O) groups is 1. The Balaban J connectivity index is 1.24. The lowest BCUT2D eigenvalue weighted by Crippen LogP contribution is -2.63. The van der Waals surface area contributed by atoms with E-state index in [1.807, 2.05) is 0 Å². The van der Waals surface area contributed by atoms with Crippen LogP contribution in [-0.2, 0) is 30.7 Å². The molecule has 0 saturated carbocycles. The second-order valence-corrected chi connectivity index (χ2v) is 21.6. The van der Waals surface area contributed by atoms with Gasteiger partial charge in [-0.2, -0.15) is 0 Å². The quantitative estimate of drug-likeness (QED) is 0.0201. The van der Waals surface area contributed by atoms with Crippen LogP contribution >= 0.6 is 0 Å². The van der Waals surface area contributed by atoms with Crippen LogP contribution in [0, 0.1) is 0 Å². The molecule has 0 saturated heterocycles. The van der Waals surface area contributed by atoms with Crippen molar-refractivity contribution in [3.63, 3.8) is 0 Å². The lowest BCUT2D eigenvalue weighted by Gasteiger charge is -2.34. The molecule has 0 bridgehead atoms. The first-order chi connectivity index (χ1) is 28.9. The summed E-state index contributed by atoms with van der Waals surface area (Å²) < 4.78 is 0. The summed E-state index contributed by atoms with van der Waals surface area (Å²) in [4.78, 5) is 23.9. The molecule has 3 aliphatic rings. The average molecular weight is 818 g/mol. The number of hydrogen-bond donors (Lipinski definition) is 4. The van der Waals surface area contributed by atoms with E-state index in [0.717, 1.165) is 56.9 Å². The zero-order valence-electron chi connectivity index (χ0n) is 36.0. The standard InChI is InChI=1S/C50H59N7O2Si/c1-32(2)50(58)55-21-11-19-52-30-44-38-13-9-8-12-37(38)43(29-51-18-10-20-53-31-57(59)33(3)4)39-15-14-36(26-40(39)44)49-41-24-34-16-22-54-45(34)27-47(41)60(6,7)48-28-46-35(25-42(48)49)17-23-56(46)5/h8-9,12-15,24-28,31,51-52,59H,1,3,10-11,16-23,29-30H2,2,4-7H3,(H,55,58). The monoisotopic (exact) mass is 817 g/mol. The van der Waals surface area contributed by atoms with Crippen LogP contribution in [0.3, 0.4) is 0 Å². The third-order valence-electron chi connectivity index (χ3n) is 12.7. The molecule has 0 aliphatic carbocycles. The van der Waals surface area contributed by atoms with Crippen molar-refractivity contribution in [3.8, 4) is 0 Å². The summed E-state index contributed by atoms with van der Waals surface area (Å²) in [5.41, 5.74) is 11.8. The predicted molar refractivity (Wildman–Crippen MR) is 251 cm³/mol. The average Bonchev–Trinajstić information content (AvgIpc) is 3.86. The van der Waals surface area contributed by atoms with E-state index >= 15 is 0 Å². The third kappa shape index (κ3) is 7.97. The third-order valence-corrected chi connectivity index (χ3v) is 16.2. The molecule has 5 aromatic carbocycles. The second kappa shape index (κ2) is 17.3. The number of amides is 1. The molecular formula is C50H59N7O2Si. The van der Waals surface area contributed by atoms with E-state index in [0.29, 0.717) is 37.4 Å². The minimum absolute atomic E-state index is 0.0956. The lowest BCUT2D eigenvalue weighted by molar-refractivity contribution is -0.117. The van der Waals surface area contributed by atoms with Gasteiger partial charge in [0, 0.05) is 63.3 Å². The number of nitrogens with zero attached hydrogens (tertiary/aromatic N) is 4. The number of hydroxylamine groups is 2. The van der Waals surface area contributed by atoms with Gasteiger partial charge in [-0.05, 0) is 159 Å². The first-order valence-corrected chi connectivity index (χ1v) is 24.5. The normalized spacial score (nSPS) is 14.9. The number of allylic oxidation sites excluding steroid dienone is 1. The number of aliphatic imine (C=N–C) groups is 1. The Labute approximate surface area is 355 Å². The van der Waals surface area contributed by atoms with Crippen molar-refractivity contribution in [2.24, 2.45) is 9.98 Å². The molecule has 0 fully saturated rings. The largest absolute Gasteiger partial charge is 0.374 e. The van der Waals surface area contributed by atoms with Gasteiger partial charge in [-0.1, -0.05) is 62.7 Å². The fourth-order valence-corrected chi connectivity index (χ4v) is 12.4. The highest BCUT2D eigenvalue weighted by Crippen LogP contribution is 2.38. The Hall–Kier alpha value is -5.39. The molecule has 0 aromatic heterocycles. The highest BCUT2D eigenvalue weighted by atomic mass is 28.3. The van der Waals surface area contributed by atoms with E-state index in [-0.39, 0.29) is 5.91 Å². The van der Waals surface area contributed by atoms with Crippen molar-refractivity contribution < 1.29 is 10.0 Å². The van der Waals surface area contributed by atoms with Gasteiger partial charge in [-0.25, -0.2) is 5.06 Å². The SMILES string of the molecule is C=C(C)C(=O)NCCCNCc1c2ccccc2c(CNCCCN=CN(O)C(=C)C)c2ccc(C3=c4cc5c(cc4[Si](C)(C)c4cc6c(cc43)CCN6C)=NCC5)cc12. The zero-order chi connectivity index (χ0) is 42.1. The fraction of sp³-hybridized carbons (Fsp3) is 0.340. The maximum atomic E-state index is 12.1. The van der Waals surface area contributed by atoms with Crippen LogP contribution in [-0.4, -0.2) is 76.9 Å². The molecule has 4 N–H and O–H groups in total. The summed E-state index contributed by atoms with van der Waals surface area (Å²) in [5.74, 6) is -0.0956. The summed E-state index contributed by atoms with van der Waals surface area (Å²) >= 11 is 0. The van der Waals surface area contributed by atoms with Gasteiger partial charge >= 0.3 is 0 Å². The van der Waals surface area contributed by atoms with Gasteiger partial charge in [0.1, 0.15) is 14.4 Å². The Morgan fingerprint density at radius 2 is 1.60 bits per heavy atom. The van der Waals surface area contributed by atoms with Gasteiger partial charge in [0.25, 0.3) is 0 Å². The van der Waals surface area contributed by atoms with Crippen LogP contribution in [0.1, 0.15) is 60.1 Å². The number of benzene rings is 5. The lowest BCUT2D eigenvalue weighted by atomic mass is 9.87. The van der Waals surface area contributed by atoms with E-state index in [4.69, 9.17) is 4.99 Å². The van der Waals surface area contributed by atoms with Crippen LogP contribution in [0.2, 0.25) is 13.1 Å². The maximum absolute atomic E-state index is 12.1. The number of anilines is 1. The molecule has 8 rings (SSSR count). The van der Waals surface area contributed by atoms with Crippen molar-refractivity contribution in [2.75, 3.05) is 51.2 Å². The molecule has 0 radical (unpaired) electrons. The van der Waals surface area contributed by atoms with Crippen LogP contribution < -0.4 is 41.8 Å². The molecule has 310 valence electrons. The molecule has 60 heavy (non-hydrogen) atoms. The predicted octanol–water partition coefficient (Wildman–Crippen LogP) is 5.45. The van der Waals surface area contributed by atoms with Gasteiger partial charge in [-0.15, -0.1) is 0 Å². The van der Waals surface area contributed by atoms with Gasteiger partial charge < -0.3 is 20.9 Å².